The van der Waals surface area contributed by atoms with Crippen LogP contribution in [0.1, 0.15) is 27.8 Å². The van der Waals surface area contributed by atoms with Crippen molar-refractivity contribution in [1.29, 1.82) is 0 Å². The number of aromatic amines is 1. The van der Waals surface area contributed by atoms with Gasteiger partial charge in [-0.05, 0) is 43.3 Å². The summed E-state index contributed by atoms with van der Waals surface area (Å²) in [6, 6.07) is 16.4. The summed E-state index contributed by atoms with van der Waals surface area (Å²) >= 11 is 0. The number of anilines is 1. The lowest BCUT2D eigenvalue weighted by atomic mass is 10.1. The molecule has 0 saturated heterocycles. The predicted octanol–water partition coefficient (Wildman–Crippen LogP) is 3.62. The molecule has 1 amide bonds. The summed E-state index contributed by atoms with van der Waals surface area (Å²) in [5.41, 5.74) is 2.71. The number of rotatable bonds is 3. The van der Waals surface area contributed by atoms with Crippen LogP contribution in [0.4, 0.5) is 5.69 Å². The topological polar surface area (TPSA) is 62.0 Å². The van der Waals surface area contributed by atoms with Crippen LogP contribution in [-0.2, 0) is 0 Å². The van der Waals surface area contributed by atoms with E-state index in [1.165, 1.54) is 6.92 Å². The molecule has 4 heteroatoms. The van der Waals surface area contributed by atoms with Crippen molar-refractivity contribution in [3.63, 3.8) is 0 Å². The number of para-hydroxylation sites is 1. The molecule has 4 nitrogen and oxygen atoms in total. The first-order valence-electron chi connectivity index (χ1n) is 6.63. The number of Topliss-reactive ketones (excluding diaryl/α,β-unsaturated/α-hetero) is 1. The van der Waals surface area contributed by atoms with Crippen LogP contribution in [0.3, 0.4) is 0 Å². The van der Waals surface area contributed by atoms with Crippen LogP contribution in [0.5, 0.6) is 0 Å². The van der Waals surface area contributed by atoms with Crippen molar-refractivity contribution in [1.82, 2.24) is 4.98 Å². The van der Waals surface area contributed by atoms with E-state index in [4.69, 9.17) is 0 Å². The van der Waals surface area contributed by atoms with Crippen LogP contribution >= 0.6 is 0 Å². The molecular formula is C17H14N2O2. The lowest BCUT2D eigenvalue weighted by Crippen LogP contribution is -2.12. The highest BCUT2D eigenvalue weighted by molar-refractivity contribution is 6.06. The molecule has 21 heavy (non-hydrogen) atoms. The molecular weight excluding hydrogens is 264 g/mol. The maximum Gasteiger partial charge on any atom is 0.272 e. The molecule has 1 aromatic heterocycles. The van der Waals surface area contributed by atoms with Crippen LogP contribution < -0.4 is 5.32 Å². The van der Waals surface area contributed by atoms with Crippen molar-refractivity contribution in [2.75, 3.05) is 5.32 Å². The Bertz CT molecular complexity index is 783. The van der Waals surface area contributed by atoms with Crippen molar-refractivity contribution in [2.24, 2.45) is 0 Å². The number of aromatic nitrogens is 1. The highest BCUT2D eigenvalue weighted by Gasteiger charge is 2.09. The largest absolute Gasteiger partial charge is 0.351 e. The lowest BCUT2D eigenvalue weighted by molar-refractivity contribution is 0.101. The number of fused-ring (bicyclic) bond motifs is 1. The van der Waals surface area contributed by atoms with Crippen LogP contribution in [0.25, 0.3) is 10.9 Å². The standard InChI is InChI=1S/C17H14N2O2/c1-11(20)12-6-8-14(9-7-12)18-17(21)16-10-13-4-2-3-5-15(13)19-16/h2-10,19H,1H3,(H,18,21). The fraction of sp³-hybridized carbons (Fsp3) is 0.0588. The van der Waals surface area contributed by atoms with E-state index >= 15 is 0 Å². The molecule has 0 unspecified atom stereocenters. The summed E-state index contributed by atoms with van der Waals surface area (Å²) in [6.45, 7) is 1.51. The van der Waals surface area contributed by atoms with Gasteiger partial charge in [-0.2, -0.15) is 0 Å². The minimum Gasteiger partial charge on any atom is -0.351 e. The fourth-order valence-corrected chi connectivity index (χ4v) is 2.18. The number of nitrogens with one attached hydrogen (secondary N) is 2. The highest BCUT2D eigenvalue weighted by Crippen LogP contribution is 2.16. The van der Waals surface area contributed by atoms with Gasteiger partial charge in [0.25, 0.3) is 5.91 Å². The predicted molar refractivity (Wildman–Crippen MR) is 82.7 cm³/mol. The second kappa shape index (κ2) is 5.25. The number of hydrogen-bond acceptors (Lipinski definition) is 2. The molecule has 3 aromatic rings. The van der Waals surface area contributed by atoms with Crippen molar-refractivity contribution >= 4 is 28.3 Å². The second-order valence-corrected chi connectivity index (χ2v) is 4.86. The first-order valence-corrected chi connectivity index (χ1v) is 6.63. The molecule has 2 N–H and O–H groups in total. The molecule has 2 aromatic carbocycles. The van der Waals surface area contributed by atoms with Crippen LogP contribution in [-0.4, -0.2) is 16.7 Å². The quantitative estimate of drug-likeness (QED) is 0.719. The number of benzene rings is 2. The van der Waals surface area contributed by atoms with E-state index in [1.807, 2.05) is 30.3 Å². The summed E-state index contributed by atoms with van der Waals surface area (Å²) in [6.07, 6.45) is 0. The van der Waals surface area contributed by atoms with Crippen LogP contribution in [0.2, 0.25) is 0 Å². The van der Waals surface area contributed by atoms with Crippen LogP contribution in [0, 0.1) is 0 Å². The van der Waals surface area contributed by atoms with Gasteiger partial charge in [-0.25, -0.2) is 0 Å². The first-order chi connectivity index (χ1) is 10.1. The Morgan fingerprint density at radius 2 is 1.71 bits per heavy atom. The van der Waals surface area contributed by atoms with Gasteiger partial charge >= 0.3 is 0 Å². The molecule has 0 aliphatic heterocycles. The maximum atomic E-state index is 12.2. The highest BCUT2D eigenvalue weighted by atomic mass is 16.2. The molecule has 0 fully saturated rings. The van der Waals surface area contributed by atoms with Gasteiger partial charge in [0.2, 0.25) is 0 Å². The number of carbonyl (C=O) groups excluding carboxylic acids is 2. The van der Waals surface area contributed by atoms with Gasteiger partial charge in [0, 0.05) is 22.2 Å². The summed E-state index contributed by atoms with van der Waals surface area (Å²) in [5.74, 6) is -0.203. The molecule has 0 atom stereocenters. The number of ketones is 1. The molecule has 1 heterocycles. The van der Waals surface area contributed by atoms with Crippen molar-refractivity contribution in [3.8, 4) is 0 Å². The number of carbonyl (C=O) groups is 2. The van der Waals surface area contributed by atoms with Crippen molar-refractivity contribution < 1.29 is 9.59 Å². The minimum atomic E-state index is -0.207. The second-order valence-electron chi connectivity index (χ2n) is 4.86. The third-order valence-corrected chi connectivity index (χ3v) is 3.32. The van der Waals surface area contributed by atoms with Gasteiger partial charge in [-0.15, -0.1) is 0 Å². The average Bonchev–Trinajstić information content (AvgIpc) is 2.92. The van der Waals surface area contributed by atoms with Crippen molar-refractivity contribution in [2.45, 2.75) is 6.92 Å². The van der Waals surface area contributed by atoms with Gasteiger partial charge < -0.3 is 10.3 Å². The molecule has 0 aliphatic carbocycles. The Balaban J connectivity index is 1.80. The zero-order chi connectivity index (χ0) is 14.8. The van der Waals surface area contributed by atoms with E-state index in [2.05, 4.69) is 10.3 Å². The SMILES string of the molecule is CC(=O)c1ccc(NC(=O)c2cc3ccccc3[nH]2)cc1. The van der Waals surface area contributed by atoms with E-state index in [0.717, 1.165) is 10.9 Å². The Morgan fingerprint density at radius 3 is 2.38 bits per heavy atom. The van der Waals surface area contributed by atoms with E-state index in [0.29, 0.717) is 16.9 Å². The third kappa shape index (κ3) is 2.69. The summed E-state index contributed by atoms with van der Waals surface area (Å²) < 4.78 is 0. The Kier molecular flexibility index (Phi) is 3.28. The van der Waals surface area contributed by atoms with Gasteiger partial charge in [0.05, 0.1) is 0 Å². The maximum absolute atomic E-state index is 12.2. The zero-order valence-electron chi connectivity index (χ0n) is 11.5. The number of hydrogen-bond donors (Lipinski definition) is 2. The molecule has 0 radical (unpaired) electrons. The average molecular weight is 278 g/mol. The van der Waals surface area contributed by atoms with E-state index in [1.54, 1.807) is 24.3 Å². The summed E-state index contributed by atoms with van der Waals surface area (Å²) in [5, 5.41) is 3.80. The van der Waals surface area contributed by atoms with E-state index < -0.39 is 0 Å². The molecule has 0 aliphatic rings. The molecule has 0 bridgehead atoms. The Labute approximate surface area is 121 Å². The monoisotopic (exact) mass is 278 g/mol. The van der Waals surface area contributed by atoms with Gasteiger partial charge in [0.1, 0.15) is 5.69 Å². The lowest BCUT2D eigenvalue weighted by Gasteiger charge is -2.04. The smallest absolute Gasteiger partial charge is 0.272 e. The number of amides is 1. The summed E-state index contributed by atoms with van der Waals surface area (Å²) in [4.78, 5) is 26.5. The molecule has 3 rings (SSSR count). The van der Waals surface area contributed by atoms with Crippen LogP contribution in [0.15, 0.2) is 54.6 Å². The van der Waals surface area contributed by atoms with Crippen molar-refractivity contribution in [3.05, 3.63) is 65.9 Å². The normalized spacial score (nSPS) is 10.5. The minimum absolute atomic E-state index is 0.00324. The Hall–Kier alpha value is -2.88. The number of H-pyrrole nitrogens is 1. The van der Waals surface area contributed by atoms with Gasteiger partial charge in [-0.1, -0.05) is 18.2 Å². The zero-order valence-corrected chi connectivity index (χ0v) is 11.5. The fourth-order valence-electron chi connectivity index (χ4n) is 2.18. The summed E-state index contributed by atoms with van der Waals surface area (Å²) in [7, 11) is 0. The molecule has 104 valence electrons. The van der Waals surface area contributed by atoms with E-state index in [9.17, 15) is 9.59 Å². The Morgan fingerprint density at radius 1 is 1.00 bits per heavy atom. The third-order valence-electron chi connectivity index (χ3n) is 3.32. The first kappa shape index (κ1) is 13.1. The molecule has 0 saturated carbocycles. The molecule has 0 spiro atoms. The van der Waals surface area contributed by atoms with Gasteiger partial charge in [0.15, 0.2) is 5.78 Å². The van der Waals surface area contributed by atoms with Gasteiger partial charge in [-0.3, -0.25) is 9.59 Å². The van der Waals surface area contributed by atoms with E-state index in [-0.39, 0.29) is 11.7 Å².